The Labute approximate surface area is 123 Å². The molecule has 0 fully saturated rings. The molecule has 6 heteroatoms. The number of amides is 1. The van der Waals surface area contributed by atoms with Crippen molar-refractivity contribution in [2.45, 2.75) is 20.3 Å². The molecule has 0 aliphatic rings. The van der Waals surface area contributed by atoms with Crippen LogP contribution >= 0.6 is 0 Å². The van der Waals surface area contributed by atoms with Crippen LogP contribution in [0.1, 0.15) is 30.0 Å². The third-order valence-electron chi connectivity index (χ3n) is 2.99. The van der Waals surface area contributed by atoms with Crippen molar-refractivity contribution in [1.82, 2.24) is 15.4 Å². The van der Waals surface area contributed by atoms with Crippen LogP contribution in [-0.2, 0) is 6.42 Å². The maximum absolute atomic E-state index is 11.8. The van der Waals surface area contributed by atoms with Crippen LogP contribution in [0.3, 0.4) is 0 Å². The number of carbonyl (C=O) groups is 1. The van der Waals surface area contributed by atoms with Gasteiger partial charge in [-0.2, -0.15) is 0 Å². The van der Waals surface area contributed by atoms with E-state index in [1.165, 1.54) is 0 Å². The number of hydrazine groups is 1. The first-order valence-electron chi connectivity index (χ1n) is 6.79. The minimum absolute atomic E-state index is 0.256. The Hall–Kier alpha value is -2.47. The molecule has 1 aromatic carbocycles. The molecule has 2 rings (SSSR count). The Kier molecular flexibility index (Phi) is 4.84. The summed E-state index contributed by atoms with van der Waals surface area (Å²) in [5.74, 6) is 5.54. The fraction of sp³-hybridized carbons (Fsp3) is 0.267. The van der Waals surface area contributed by atoms with Crippen molar-refractivity contribution in [3.63, 3.8) is 0 Å². The number of hydrogen-bond acceptors (Lipinski definition) is 5. The monoisotopic (exact) mass is 286 g/mol. The number of aromatic nitrogens is 2. The van der Waals surface area contributed by atoms with Crippen LogP contribution in [-0.4, -0.2) is 22.5 Å². The van der Waals surface area contributed by atoms with Gasteiger partial charge in [-0.1, -0.05) is 6.92 Å². The molecule has 6 nitrogen and oxygen atoms in total. The molecule has 3 N–H and O–H groups in total. The summed E-state index contributed by atoms with van der Waals surface area (Å²) < 4.78 is 5.40. The van der Waals surface area contributed by atoms with Crippen molar-refractivity contribution in [2.75, 3.05) is 6.61 Å². The lowest BCUT2D eigenvalue weighted by Gasteiger charge is -2.08. The van der Waals surface area contributed by atoms with Crippen LogP contribution in [0.5, 0.6) is 5.75 Å². The van der Waals surface area contributed by atoms with Crippen LogP contribution in [0.25, 0.3) is 11.3 Å². The van der Waals surface area contributed by atoms with E-state index in [1.54, 1.807) is 6.20 Å². The van der Waals surface area contributed by atoms with Gasteiger partial charge >= 0.3 is 0 Å². The van der Waals surface area contributed by atoms with Gasteiger partial charge in [0.25, 0.3) is 5.91 Å². The third-order valence-corrected chi connectivity index (χ3v) is 2.99. The Bertz CT molecular complexity index is 626. The van der Waals surface area contributed by atoms with E-state index in [2.05, 4.69) is 15.4 Å². The van der Waals surface area contributed by atoms with Crippen molar-refractivity contribution < 1.29 is 9.53 Å². The van der Waals surface area contributed by atoms with Crippen LogP contribution in [0.4, 0.5) is 0 Å². The number of aryl methyl sites for hydroxylation is 1. The van der Waals surface area contributed by atoms with Gasteiger partial charge in [0.1, 0.15) is 5.75 Å². The first-order valence-corrected chi connectivity index (χ1v) is 6.79. The van der Waals surface area contributed by atoms with Gasteiger partial charge in [0, 0.05) is 5.56 Å². The largest absolute Gasteiger partial charge is 0.494 e. The van der Waals surface area contributed by atoms with Crippen LogP contribution < -0.4 is 16.0 Å². The van der Waals surface area contributed by atoms with Crippen molar-refractivity contribution in [3.05, 3.63) is 41.9 Å². The molecule has 0 unspecified atom stereocenters. The predicted molar refractivity (Wildman–Crippen MR) is 79.7 cm³/mol. The van der Waals surface area contributed by atoms with E-state index in [-0.39, 0.29) is 5.69 Å². The fourth-order valence-corrected chi connectivity index (χ4v) is 1.95. The van der Waals surface area contributed by atoms with Gasteiger partial charge < -0.3 is 4.74 Å². The molecule has 1 heterocycles. The van der Waals surface area contributed by atoms with Crippen molar-refractivity contribution in [2.24, 2.45) is 5.84 Å². The summed E-state index contributed by atoms with van der Waals surface area (Å²) in [6.07, 6.45) is 2.27. The first kappa shape index (κ1) is 14.9. The molecule has 0 radical (unpaired) electrons. The molecule has 0 saturated carbocycles. The van der Waals surface area contributed by atoms with E-state index in [4.69, 9.17) is 10.6 Å². The van der Waals surface area contributed by atoms with E-state index < -0.39 is 5.91 Å². The zero-order chi connectivity index (χ0) is 15.2. The standard InChI is InChI=1S/C15H18N4O2/c1-3-12-14(15(20)19-16)18-13(9-17-12)10-5-7-11(8-6-10)21-4-2/h5-9H,3-4,16H2,1-2H3,(H,19,20). The number of nitrogens with one attached hydrogen (secondary N) is 1. The topological polar surface area (TPSA) is 90.1 Å². The Balaban J connectivity index is 2.37. The molecule has 0 atom stereocenters. The second kappa shape index (κ2) is 6.81. The molecule has 0 spiro atoms. The smallest absolute Gasteiger partial charge is 0.285 e. The SMILES string of the molecule is CCOc1ccc(-c2cnc(CC)c(C(=O)NN)n2)cc1. The lowest BCUT2D eigenvalue weighted by molar-refractivity contribution is 0.0947. The van der Waals surface area contributed by atoms with Crippen LogP contribution in [0.15, 0.2) is 30.5 Å². The van der Waals surface area contributed by atoms with E-state index in [1.807, 2.05) is 38.1 Å². The average Bonchev–Trinajstić information content (AvgIpc) is 2.54. The molecule has 1 amide bonds. The van der Waals surface area contributed by atoms with Crippen molar-refractivity contribution >= 4 is 5.91 Å². The van der Waals surface area contributed by atoms with E-state index in [0.717, 1.165) is 11.3 Å². The molecular weight excluding hydrogens is 268 g/mol. The molecule has 21 heavy (non-hydrogen) atoms. The van der Waals surface area contributed by atoms with E-state index in [0.29, 0.717) is 24.4 Å². The zero-order valence-corrected chi connectivity index (χ0v) is 12.1. The maximum Gasteiger partial charge on any atom is 0.285 e. The van der Waals surface area contributed by atoms with Gasteiger partial charge in [0.15, 0.2) is 5.69 Å². The van der Waals surface area contributed by atoms with E-state index >= 15 is 0 Å². The summed E-state index contributed by atoms with van der Waals surface area (Å²) >= 11 is 0. The highest BCUT2D eigenvalue weighted by Gasteiger charge is 2.14. The molecule has 1 aromatic heterocycles. The third kappa shape index (κ3) is 3.35. The number of nitrogens with zero attached hydrogens (tertiary/aromatic N) is 2. The summed E-state index contributed by atoms with van der Waals surface area (Å²) in [5, 5.41) is 0. The van der Waals surface area contributed by atoms with Crippen molar-refractivity contribution in [1.29, 1.82) is 0 Å². The number of nitrogen functional groups attached to an aromatic ring is 1. The highest BCUT2D eigenvalue weighted by atomic mass is 16.5. The summed E-state index contributed by atoms with van der Waals surface area (Å²) in [7, 11) is 0. The van der Waals surface area contributed by atoms with Gasteiger partial charge in [-0.15, -0.1) is 0 Å². The normalized spacial score (nSPS) is 10.2. The van der Waals surface area contributed by atoms with Gasteiger partial charge in [0.2, 0.25) is 0 Å². The predicted octanol–water partition coefficient (Wildman–Crippen LogP) is 1.71. The summed E-state index contributed by atoms with van der Waals surface area (Å²) in [6, 6.07) is 7.48. The zero-order valence-electron chi connectivity index (χ0n) is 12.1. The molecular formula is C15H18N4O2. The van der Waals surface area contributed by atoms with Gasteiger partial charge in [-0.05, 0) is 37.6 Å². The van der Waals surface area contributed by atoms with Gasteiger partial charge in [0.05, 0.1) is 24.2 Å². The highest BCUT2D eigenvalue weighted by molar-refractivity contribution is 5.93. The molecule has 0 saturated heterocycles. The van der Waals surface area contributed by atoms with Crippen LogP contribution in [0.2, 0.25) is 0 Å². The maximum atomic E-state index is 11.8. The second-order valence-electron chi connectivity index (χ2n) is 4.33. The number of ether oxygens (including phenoxy) is 1. The summed E-state index contributed by atoms with van der Waals surface area (Å²) in [4.78, 5) is 20.4. The lowest BCUT2D eigenvalue weighted by atomic mass is 10.1. The Morgan fingerprint density at radius 1 is 1.29 bits per heavy atom. The molecule has 0 aliphatic heterocycles. The second-order valence-corrected chi connectivity index (χ2v) is 4.33. The van der Waals surface area contributed by atoms with E-state index in [9.17, 15) is 4.79 Å². The summed E-state index contributed by atoms with van der Waals surface area (Å²) in [5.41, 5.74) is 4.45. The fourth-order valence-electron chi connectivity index (χ4n) is 1.95. The van der Waals surface area contributed by atoms with Crippen LogP contribution in [0, 0.1) is 0 Å². The number of benzene rings is 1. The lowest BCUT2D eigenvalue weighted by Crippen LogP contribution is -2.32. The molecule has 2 aromatic rings. The number of rotatable bonds is 5. The van der Waals surface area contributed by atoms with Gasteiger partial charge in [-0.3, -0.25) is 15.2 Å². The summed E-state index contributed by atoms with van der Waals surface area (Å²) in [6.45, 7) is 4.46. The minimum Gasteiger partial charge on any atom is -0.494 e. The number of nitrogens with two attached hydrogens (primary N) is 1. The Morgan fingerprint density at radius 3 is 2.57 bits per heavy atom. The highest BCUT2D eigenvalue weighted by Crippen LogP contribution is 2.21. The van der Waals surface area contributed by atoms with Gasteiger partial charge in [-0.25, -0.2) is 10.8 Å². The Morgan fingerprint density at radius 2 is 2.00 bits per heavy atom. The number of hydrogen-bond donors (Lipinski definition) is 2. The minimum atomic E-state index is -0.438. The average molecular weight is 286 g/mol. The quantitative estimate of drug-likeness (QED) is 0.496. The molecule has 110 valence electrons. The number of carbonyl (C=O) groups excluding carboxylic acids is 1. The molecule has 0 bridgehead atoms. The van der Waals surface area contributed by atoms with Crippen molar-refractivity contribution in [3.8, 4) is 17.0 Å². The first-order chi connectivity index (χ1) is 10.2. The molecule has 0 aliphatic carbocycles.